The summed E-state index contributed by atoms with van der Waals surface area (Å²) in [5.41, 5.74) is 9.09. The molecule has 3 aromatic heterocycles. The van der Waals surface area contributed by atoms with Crippen LogP contribution in [0.1, 0.15) is 0 Å². The quantitative estimate of drug-likeness (QED) is 0.193. The molecule has 5 nitrogen and oxygen atoms in total. The lowest BCUT2D eigenvalue weighted by Crippen LogP contribution is -2.00. The van der Waals surface area contributed by atoms with Crippen LogP contribution in [-0.2, 0) is 0 Å². The highest BCUT2D eigenvalue weighted by molar-refractivity contribution is 5.95. The number of aromatic nitrogens is 5. The van der Waals surface area contributed by atoms with E-state index in [0.29, 0.717) is 17.5 Å². The molecule has 0 N–H and O–H groups in total. The van der Waals surface area contributed by atoms with Gasteiger partial charge in [0.05, 0.1) is 11.0 Å². The summed E-state index contributed by atoms with van der Waals surface area (Å²) in [6.45, 7) is 0. The molecule has 0 atom stereocenters. The van der Waals surface area contributed by atoms with Crippen molar-refractivity contribution in [1.82, 2.24) is 24.9 Å². The number of hydrogen-bond acceptors (Lipinski definition) is 5. The van der Waals surface area contributed by atoms with Crippen LogP contribution in [0.5, 0.6) is 0 Å². The third-order valence-corrected chi connectivity index (χ3v) is 8.82. The molecule has 0 aliphatic rings. The first-order valence-electron chi connectivity index (χ1n) is 15.9. The Bertz CT molecular complexity index is 2460. The minimum atomic E-state index is 0.619. The van der Waals surface area contributed by atoms with E-state index in [1.807, 2.05) is 24.5 Å². The molecule has 0 amide bonds. The molecule has 6 aromatic carbocycles. The fraction of sp³-hybridized carbons (Fsp3) is 0. The fourth-order valence-corrected chi connectivity index (χ4v) is 6.36. The summed E-state index contributed by atoms with van der Waals surface area (Å²) in [7, 11) is 0. The topological polar surface area (TPSA) is 64.5 Å². The van der Waals surface area contributed by atoms with Crippen molar-refractivity contribution in [1.29, 1.82) is 0 Å². The zero-order valence-corrected chi connectivity index (χ0v) is 25.8. The molecule has 9 rings (SSSR count). The monoisotopic (exact) mass is 613 g/mol. The maximum atomic E-state index is 5.02. The predicted octanol–water partition coefficient (Wildman–Crippen LogP) is 10.5. The van der Waals surface area contributed by atoms with Gasteiger partial charge >= 0.3 is 0 Å². The summed E-state index contributed by atoms with van der Waals surface area (Å²) in [4.78, 5) is 24.4. The van der Waals surface area contributed by atoms with Crippen molar-refractivity contribution in [3.05, 3.63) is 164 Å². The molecular weight excluding hydrogens is 587 g/mol. The minimum Gasteiger partial charge on any atom is -0.256 e. The van der Waals surface area contributed by atoms with Crippen molar-refractivity contribution < 1.29 is 0 Å². The van der Waals surface area contributed by atoms with Gasteiger partial charge in [0.2, 0.25) is 0 Å². The number of hydrogen-bond donors (Lipinski definition) is 0. The molecule has 0 aliphatic heterocycles. The third kappa shape index (κ3) is 5.04. The van der Waals surface area contributed by atoms with E-state index in [4.69, 9.17) is 15.0 Å². The molecule has 3 heterocycles. The summed E-state index contributed by atoms with van der Waals surface area (Å²) in [5, 5.41) is 4.54. The van der Waals surface area contributed by atoms with Gasteiger partial charge in [-0.05, 0) is 40.1 Å². The SMILES string of the molecule is c1ccc2cc(-c3nc(-c4ccc(-c5cccc6cccnc56)cc4)nc(-c4ccc(-c5cccc6cccnc56)cc4)n3)ccc2c1. The molecule has 0 aliphatic carbocycles. The van der Waals surface area contributed by atoms with E-state index in [1.165, 1.54) is 5.39 Å². The average Bonchev–Trinajstić information content (AvgIpc) is 3.17. The van der Waals surface area contributed by atoms with Crippen molar-refractivity contribution in [3.8, 4) is 56.4 Å². The molecular formula is C43H27N5. The normalized spacial score (nSPS) is 11.3. The van der Waals surface area contributed by atoms with E-state index in [2.05, 4.69) is 149 Å². The second-order valence-corrected chi connectivity index (χ2v) is 11.8. The second-order valence-electron chi connectivity index (χ2n) is 11.8. The van der Waals surface area contributed by atoms with Crippen molar-refractivity contribution in [2.75, 3.05) is 0 Å². The Kier molecular flexibility index (Phi) is 6.72. The van der Waals surface area contributed by atoms with Gasteiger partial charge in [-0.15, -0.1) is 0 Å². The molecule has 5 heteroatoms. The average molecular weight is 614 g/mol. The number of rotatable bonds is 5. The maximum absolute atomic E-state index is 5.02. The summed E-state index contributed by atoms with van der Waals surface area (Å²) in [5.74, 6) is 1.87. The molecule has 9 aromatic rings. The van der Waals surface area contributed by atoms with Crippen molar-refractivity contribution in [2.45, 2.75) is 0 Å². The Morgan fingerprint density at radius 2 is 0.708 bits per heavy atom. The van der Waals surface area contributed by atoms with Crippen LogP contribution in [0.15, 0.2) is 164 Å². The van der Waals surface area contributed by atoms with Gasteiger partial charge in [0.15, 0.2) is 17.5 Å². The minimum absolute atomic E-state index is 0.619. The zero-order chi connectivity index (χ0) is 31.9. The standard InChI is InChI=1S/C43H27N5/c1-2-8-35-27-36(24-15-28(35)7-1)43-47-41(33-20-16-29(17-21-33)37-13-3-9-31-11-5-25-44-39(31)37)46-42(48-43)34-22-18-30(19-23-34)38-14-4-10-32-12-6-26-45-40(32)38/h1-27H. The molecule has 0 saturated carbocycles. The lowest BCUT2D eigenvalue weighted by atomic mass is 10.00. The van der Waals surface area contributed by atoms with Gasteiger partial charge < -0.3 is 0 Å². The van der Waals surface area contributed by atoms with Crippen molar-refractivity contribution in [2.24, 2.45) is 0 Å². The van der Waals surface area contributed by atoms with Gasteiger partial charge in [-0.25, -0.2) is 15.0 Å². The zero-order valence-electron chi connectivity index (χ0n) is 25.8. The van der Waals surface area contributed by atoms with Crippen LogP contribution in [0.25, 0.3) is 89.0 Å². The predicted molar refractivity (Wildman–Crippen MR) is 195 cm³/mol. The van der Waals surface area contributed by atoms with E-state index in [0.717, 1.165) is 66.1 Å². The number of para-hydroxylation sites is 2. The fourth-order valence-electron chi connectivity index (χ4n) is 6.36. The van der Waals surface area contributed by atoms with Crippen LogP contribution in [0, 0.1) is 0 Å². The van der Waals surface area contributed by atoms with E-state index in [9.17, 15) is 0 Å². The molecule has 0 spiro atoms. The van der Waals surface area contributed by atoms with Gasteiger partial charge in [0.25, 0.3) is 0 Å². The number of nitrogens with zero attached hydrogens (tertiary/aromatic N) is 5. The molecule has 224 valence electrons. The van der Waals surface area contributed by atoms with Crippen molar-refractivity contribution >= 4 is 32.6 Å². The van der Waals surface area contributed by atoms with E-state index in [1.54, 1.807) is 0 Å². The van der Waals surface area contributed by atoms with E-state index < -0.39 is 0 Å². The van der Waals surface area contributed by atoms with Crippen LogP contribution in [0.4, 0.5) is 0 Å². The summed E-state index contributed by atoms with van der Waals surface area (Å²) < 4.78 is 0. The highest BCUT2D eigenvalue weighted by Crippen LogP contribution is 2.32. The Morgan fingerprint density at radius 1 is 0.292 bits per heavy atom. The highest BCUT2D eigenvalue weighted by Gasteiger charge is 2.14. The Hall–Kier alpha value is -6.59. The highest BCUT2D eigenvalue weighted by atomic mass is 15.0. The third-order valence-electron chi connectivity index (χ3n) is 8.82. The van der Waals surface area contributed by atoms with Gasteiger partial charge in [-0.3, -0.25) is 9.97 Å². The van der Waals surface area contributed by atoms with Crippen LogP contribution in [-0.4, -0.2) is 24.9 Å². The summed E-state index contributed by atoms with van der Waals surface area (Å²) in [6.07, 6.45) is 3.68. The summed E-state index contributed by atoms with van der Waals surface area (Å²) in [6, 6.07) is 52.1. The van der Waals surface area contributed by atoms with Crippen LogP contribution in [0.2, 0.25) is 0 Å². The molecule has 0 unspecified atom stereocenters. The first-order valence-corrected chi connectivity index (χ1v) is 15.9. The Morgan fingerprint density at radius 3 is 1.25 bits per heavy atom. The van der Waals surface area contributed by atoms with Gasteiger partial charge in [0, 0.05) is 51.0 Å². The maximum Gasteiger partial charge on any atom is 0.164 e. The number of fused-ring (bicyclic) bond motifs is 3. The molecule has 0 saturated heterocycles. The largest absolute Gasteiger partial charge is 0.256 e. The summed E-state index contributed by atoms with van der Waals surface area (Å²) >= 11 is 0. The first-order chi connectivity index (χ1) is 23.8. The van der Waals surface area contributed by atoms with Gasteiger partial charge in [-0.2, -0.15) is 0 Å². The van der Waals surface area contributed by atoms with E-state index in [-0.39, 0.29) is 0 Å². The Labute approximate surface area is 277 Å². The van der Waals surface area contributed by atoms with Crippen LogP contribution < -0.4 is 0 Å². The smallest absolute Gasteiger partial charge is 0.164 e. The lowest BCUT2D eigenvalue weighted by molar-refractivity contribution is 1.07. The van der Waals surface area contributed by atoms with Crippen LogP contribution in [0.3, 0.4) is 0 Å². The number of benzene rings is 6. The van der Waals surface area contributed by atoms with Crippen molar-refractivity contribution in [3.63, 3.8) is 0 Å². The molecule has 48 heavy (non-hydrogen) atoms. The molecule has 0 radical (unpaired) electrons. The lowest BCUT2D eigenvalue weighted by Gasteiger charge is -2.11. The second kappa shape index (κ2) is 11.6. The van der Waals surface area contributed by atoms with Gasteiger partial charge in [-0.1, -0.05) is 133 Å². The van der Waals surface area contributed by atoms with Crippen LogP contribution >= 0.6 is 0 Å². The first kappa shape index (κ1) is 27.7. The molecule has 0 bridgehead atoms. The Balaban J connectivity index is 1.14. The van der Waals surface area contributed by atoms with Gasteiger partial charge in [0.1, 0.15) is 0 Å². The van der Waals surface area contributed by atoms with E-state index >= 15 is 0 Å². The number of pyridine rings is 2. The molecule has 0 fully saturated rings.